The van der Waals surface area contributed by atoms with Gasteiger partial charge in [-0.25, -0.2) is 0 Å². The van der Waals surface area contributed by atoms with Crippen molar-refractivity contribution in [2.45, 2.75) is 26.2 Å². The van der Waals surface area contributed by atoms with Crippen LogP contribution in [0, 0.1) is 6.92 Å². The zero-order valence-electron chi connectivity index (χ0n) is 37.3. The summed E-state index contributed by atoms with van der Waals surface area (Å²) in [7, 11) is 0. The summed E-state index contributed by atoms with van der Waals surface area (Å²) in [6, 6.07) is 83.3. The molecule has 312 valence electrons. The number of anilines is 3. The van der Waals surface area contributed by atoms with Crippen LogP contribution in [0.4, 0.5) is 17.1 Å². The van der Waals surface area contributed by atoms with Gasteiger partial charge in [-0.2, -0.15) is 0 Å². The predicted octanol–water partition coefficient (Wildman–Crippen LogP) is 17.7. The van der Waals surface area contributed by atoms with Crippen LogP contribution in [0.2, 0.25) is 0 Å². The van der Waals surface area contributed by atoms with E-state index in [0.29, 0.717) is 0 Å². The van der Waals surface area contributed by atoms with Crippen LogP contribution in [0.15, 0.2) is 224 Å². The maximum atomic E-state index is 2.49. The van der Waals surface area contributed by atoms with E-state index in [1.807, 2.05) is 0 Å². The van der Waals surface area contributed by atoms with Crippen LogP contribution in [0.25, 0.3) is 93.2 Å². The number of rotatable bonds is 6. The number of hydrogen-bond acceptors (Lipinski definition) is 1. The van der Waals surface area contributed by atoms with Crippen LogP contribution < -0.4 is 4.90 Å². The Hall–Kier alpha value is -8.20. The molecule has 0 bridgehead atoms. The van der Waals surface area contributed by atoms with Gasteiger partial charge in [0.25, 0.3) is 0 Å². The number of para-hydroxylation sites is 3. The lowest BCUT2D eigenvalue weighted by Crippen LogP contribution is -2.16. The molecule has 1 aliphatic rings. The standard InChI is InChI=1S/C64H46N2/c1-41-25-34-56-57(37-41)63(44-27-26-42-15-7-8-16-43(42)38-44)55-22-10-9-21-54(55)62(56)45-28-35-50-51-36-33-49(40-59(51)64(2,3)58(50)39-45)65(46-17-5-4-6-18-46)47-29-31-48(32-30-47)66-60-23-13-11-19-52(60)53-20-12-14-24-61(53)66/h4-40H,1-3H3. The fourth-order valence-corrected chi connectivity index (χ4v) is 11.3. The van der Waals surface area contributed by atoms with Crippen molar-refractivity contribution < 1.29 is 0 Å². The first-order valence-corrected chi connectivity index (χ1v) is 23.1. The van der Waals surface area contributed by atoms with E-state index in [1.165, 1.54) is 104 Å². The van der Waals surface area contributed by atoms with Crippen LogP contribution >= 0.6 is 0 Å². The normalized spacial score (nSPS) is 12.9. The highest BCUT2D eigenvalue weighted by molar-refractivity contribution is 6.22. The molecule has 1 aliphatic carbocycles. The first-order chi connectivity index (χ1) is 32.4. The van der Waals surface area contributed by atoms with Gasteiger partial charge in [0.2, 0.25) is 0 Å². The lowest BCUT2D eigenvalue weighted by atomic mass is 9.80. The van der Waals surface area contributed by atoms with Gasteiger partial charge in [-0.3, -0.25) is 0 Å². The Morgan fingerprint density at radius 2 is 0.879 bits per heavy atom. The van der Waals surface area contributed by atoms with E-state index in [9.17, 15) is 0 Å². The third-order valence-electron chi connectivity index (χ3n) is 14.4. The van der Waals surface area contributed by atoms with Crippen molar-refractivity contribution in [1.29, 1.82) is 0 Å². The van der Waals surface area contributed by atoms with Crippen molar-refractivity contribution in [3.8, 4) is 39.1 Å². The third-order valence-corrected chi connectivity index (χ3v) is 14.4. The number of aromatic nitrogens is 1. The van der Waals surface area contributed by atoms with Gasteiger partial charge in [0.1, 0.15) is 0 Å². The number of nitrogens with zero attached hydrogens (tertiary/aromatic N) is 2. The Kier molecular flexibility index (Phi) is 8.51. The van der Waals surface area contributed by atoms with E-state index in [2.05, 4.69) is 255 Å². The van der Waals surface area contributed by atoms with E-state index in [-0.39, 0.29) is 5.41 Å². The average Bonchev–Trinajstić information content (AvgIpc) is 3.81. The molecular weight excluding hydrogens is 797 g/mol. The van der Waals surface area contributed by atoms with Gasteiger partial charge in [0.05, 0.1) is 11.0 Å². The fraction of sp³-hybridized carbons (Fsp3) is 0.0625. The Balaban J connectivity index is 0.924. The minimum atomic E-state index is -0.243. The first-order valence-electron chi connectivity index (χ1n) is 23.1. The Morgan fingerprint density at radius 1 is 0.364 bits per heavy atom. The fourth-order valence-electron chi connectivity index (χ4n) is 11.3. The molecule has 0 radical (unpaired) electrons. The number of hydrogen-bond donors (Lipinski definition) is 0. The Bertz CT molecular complexity index is 3860. The summed E-state index contributed by atoms with van der Waals surface area (Å²) >= 11 is 0. The second-order valence-electron chi connectivity index (χ2n) is 18.6. The molecular formula is C64H46N2. The van der Waals surface area contributed by atoms with Gasteiger partial charge in [-0.15, -0.1) is 0 Å². The topological polar surface area (TPSA) is 8.17 Å². The van der Waals surface area contributed by atoms with Gasteiger partial charge >= 0.3 is 0 Å². The molecule has 12 aromatic rings. The maximum absolute atomic E-state index is 2.49. The smallest absolute Gasteiger partial charge is 0.0541 e. The highest BCUT2D eigenvalue weighted by Gasteiger charge is 2.37. The predicted molar refractivity (Wildman–Crippen MR) is 281 cm³/mol. The highest BCUT2D eigenvalue weighted by Crippen LogP contribution is 2.53. The minimum Gasteiger partial charge on any atom is -0.310 e. The van der Waals surface area contributed by atoms with E-state index < -0.39 is 0 Å². The van der Waals surface area contributed by atoms with Crippen molar-refractivity contribution in [3.63, 3.8) is 0 Å². The van der Waals surface area contributed by atoms with Crippen molar-refractivity contribution in [3.05, 3.63) is 241 Å². The molecule has 13 rings (SSSR count). The SMILES string of the molecule is Cc1ccc2c(-c3ccc4c(c3)C(C)(C)c3cc(N(c5ccccc5)c5ccc(-n6c7ccccc7c7ccccc76)cc5)ccc3-4)c3ccccc3c(-c3ccc4ccccc4c3)c2c1. The zero-order valence-corrected chi connectivity index (χ0v) is 37.3. The lowest BCUT2D eigenvalue weighted by Gasteiger charge is -2.28. The number of aryl methyl sites for hydroxylation is 1. The number of fused-ring (bicyclic) bond motifs is 9. The molecule has 2 nitrogen and oxygen atoms in total. The molecule has 66 heavy (non-hydrogen) atoms. The average molecular weight is 843 g/mol. The molecule has 0 saturated carbocycles. The van der Waals surface area contributed by atoms with Gasteiger partial charge in [0, 0.05) is 38.9 Å². The van der Waals surface area contributed by atoms with Crippen molar-refractivity contribution in [1.82, 2.24) is 4.57 Å². The second-order valence-corrected chi connectivity index (χ2v) is 18.6. The summed E-state index contributed by atoms with van der Waals surface area (Å²) in [4.78, 5) is 2.40. The monoisotopic (exact) mass is 842 g/mol. The molecule has 0 atom stereocenters. The molecule has 2 heteroatoms. The Morgan fingerprint density at radius 3 is 1.59 bits per heavy atom. The largest absolute Gasteiger partial charge is 0.310 e. The third kappa shape index (κ3) is 5.81. The van der Waals surface area contributed by atoms with Gasteiger partial charge in [-0.1, -0.05) is 171 Å². The van der Waals surface area contributed by atoms with Crippen LogP contribution in [-0.2, 0) is 5.41 Å². The lowest BCUT2D eigenvalue weighted by molar-refractivity contribution is 0.660. The molecule has 0 unspecified atom stereocenters. The molecule has 1 heterocycles. The minimum absolute atomic E-state index is 0.243. The summed E-state index contributed by atoms with van der Waals surface area (Å²) < 4.78 is 2.39. The van der Waals surface area contributed by atoms with Crippen molar-refractivity contribution >= 4 is 71.2 Å². The van der Waals surface area contributed by atoms with Crippen molar-refractivity contribution in [2.75, 3.05) is 4.90 Å². The summed E-state index contributed by atoms with van der Waals surface area (Å²) in [6.45, 7) is 7.02. The molecule has 0 fully saturated rings. The van der Waals surface area contributed by atoms with Crippen molar-refractivity contribution in [2.24, 2.45) is 0 Å². The molecule has 0 saturated heterocycles. The van der Waals surface area contributed by atoms with Crippen LogP contribution in [0.3, 0.4) is 0 Å². The van der Waals surface area contributed by atoms with E-state index in [4.69, 9.17) is 0 Å². The highest BCUT2D eigenvalue weighted by atomic mass is 15.1. The van der Waals surface area contributed by atoms with E-state index >= 15 is 0 Å². The van der Waals surface area contributed by atoms with E-state index in [0.717, 1.165) is 22.7 Å². The van der Waals surface area contributed by atoms with Crippen LogP contribution in [-0.4, -0.2) is 4.57 Å². The van der Waals surface area contributed by atoms with Crippen LogP contribution in [0.5, 0.6) is 0 Å². The quantitative estimate of drug-likeness (QED) is 0.151. The summed E-state index contributed by atoms with van der Waals surface area (Å²) in [6.07, 6.45) is 0. The second kappa shape index (κ2) is 14.7. The molecule has 1 aromatic heterocycles. The van der Waals surface area contributed by atoms with Gasteiger partial charge in [0.15, 0.2) is 0 Å². The summed E-state index contributed by atoms with van der Waals surface area (Å²) in [5.41, 5.74) is 18.4. The van der Waals surface area contributed by atoms with Gasteiger partial charge < -0.3 is 9.47 Å². The Labute approximate surface area is 385 Å². The first kappa shape index (κ1) is 38.3. The molecule has 0 N–H and O–H groups in total. The van der Waals surface area contributed by atoms with Gasteiger partial charge in [-0.05, 0) is 157 Å². The zero-order chi connectivity index (χ0) is 44.1. The molecule has 0 spiro atoms. The van der Waals surface area contributed by atoms with E-state index in [1.54, 1.807) is 0 Å². The number of benzene rings is 11. The summed E-state index contributed by atoms with van der Waals surface area (Å²) in [5, 5.41) is 10.2. The maximum Gasteiger partial charge on any atom is 0.0541 e. The van der Waals surface area contributed by atoms with Crippen LogP contribution in [0.1, 0.15) is 30.5 Å². The summed E-state index contributed by atoms with van der Waals surface area (Å²) in [5.74, 6) is 0. The molecule has 0 aliphatic heterocycles. The molecule has 11 aromatic carbocycles. The molecule has 0 amide bonds.